The van der Waals surface area contributed by atoms with E-state index in [1.54, 1.807) is 12.1 Å². The van der Waals surface area contributed by atoms with Crippen molar-refractivity contribution in [3.8, 4) is 0 Å². The van der Waals surface area contributed by atoms with Crippen molar-refractivity contribution >= 4 is 50.8 Å². The molecule has 0 atom stereocenters. The summed E-state index contributed by atoms with van der Waals surface area (Å²) in [5.74, 6) is 1.07. The van der Waals surface area contributed by atoms with Crippen LogP contribution in [-0.4, -0.2) is 38.4 Å². The van der Waals surface area contributed by atoms with E-state index < -0.39 is 0 Å². The summed E-state index contributed by atoms with van der Waals surface area (Å²) in [7, 11) is 0. The van der Waals surface area contributed by atoms with Gasteiger partial charge in [-0.1, -0.05) is 30.0 Å². The molecule has 7 nitrogen and oxygen atoms in total. The van der Waals surface area contributed by atoms with Crippen LogP contribution in [0.5, 0.6) is 0 Å². The number of hydrogen-bond donors (Lipinski definition) is 3. The fourth-order valence-corrected chi connectivity index (χ4v) is 4.20. The second-order valence-corrected chi connectivity index (χ2v) is 7.99. The molecule has 0 aliphatic heterocycles. The molecule has 0 unspecified atom stereocenters. The van der Waals surface area contributed by atoms with E-state index in [1.165, 1.54) is 17.5 Å². The highest BCUT2D eigenvalue weighted by molar-refractivity contribution is 8.13. The van der Waals surface area contributed by atoms with Gasteiger partial charge < -0.3 is 10.4 Å². The lowest BCUT2D eigenvalue weighted by atomic mass is 9.93. The van der Waals surface area contributed by atoms with E-state index >= 15 is 0 Å². The number of ketones is 1. The molecule has 0 radical (unpaired) electrons. The Balaban J connectivity index is 1.83. The van der Waals surface area contributed by atoms with Crippen LogP contribution in [-0.2, 0) is 6.42 Å². The van der Waals surface area contributed by atoms with E-state index in [4.69, 9.17) is 0 Å². The number of carbonyl (C=O) groups excluding carboxylic acids is 2. The third-order valence-corrected chi connectivity index (χ3v) is 5.62. The minimum atomic E-state index is -0.241. The first-order valence-corrected chi connectivity index (χ1v) is 10.4. The van der Waals surface area contributed by atoms with Gasteiger partial charge in [-0.05, 0) is 37.7 Å². The maximum absolute atomic E-state index is 12.8. The first-order chi connectivity index (χ1) is 13.0. The molecule has 3 rings (SSSR count). The number of hydrogen-bond acceptors (Lipinski definition) is 8. The molecule has 2 aromatic heterocycles. The molecule has 1 aliphatic carbocycles. The molecule has 1 amide bonds. The maximum atomic E-state index is 12.8. The number of aliphatic hydroxyl groups is 1. The average molecular weight is 405 g/mol. The topological polar surface area (TPSA) is 104 Å². The van der Waals surface area contributed by atoms with Gasteiger partial charge in [-0.15, -0.1) is 0 Å². The summed E-state index contributed by atoms with van der Waals surface area (Å²) in [6.07, 6.45) is 2.44. The first-order valence-electron chi connectivity index (χ1n) is 8.64. The SMILES string of the molecule is CCNc1ccc(C(=O)C2=C(O)c3sc(NC(=O)SCC)nc3CC2)cn1. The number of aliphatic hydroxyl groups excluding tert-OH is 1. The number of amides is 1. The monoisotopic (exact) mass is 404 g/mol. The summed E-state index contributed by atoms with van der Waals surface area (Å²) >= 11 is 2.34. The quantitative estimate of drug-likeness (QED) is 0.615. The third kappa shape index (κ3) is 4.30. The Morgan fingerprint density at radius 3 is 2.78 bits per heavy atom. The van der Waals surface area contributed by atoms with Crippen molar-refractivity contribution in [3.63, 3.8) is 0 Å². The van der Waals surface area contributed by atoms with E-state index in [0.29, 0.717) is 51.3 Å². The van der Waals surface area contributed by atoms with Crippen molar-refractivity contribution < 1.29 is 14.7 Å². The molecule has 1 aliphatic rings. The second kappa shape index (κ2) is 8.53. The molecule has 2 heterocycles. The van der Waals surface area contributed by atoms with E-state index in [1.807, 2.05) is 13.8 Å². The van der Waals surface area contributed by atoms with Crippen LogP contribution in [0.2, 0.25) is 0 Å². The van der Waals surface area contributed by atoms with Crippen molar-refractivity contribution in [2.45, 2.75) is 26.7 Å². The van der Waals surface area contributed by atoms with Gasteiger partial charge in [0.1, 0.15) is 11.6 Å². The van der Waals surface area contributed by atoms with E-state index in [0.717, 1.165) is 18.3 Å². The van der Waals surface area contributed by atoms with Crippen LogP contribution in [0, 0.1) is 0 Å². The molecule has 2 aromatic rings. The zero-order valence-electron chi connectivity index (χ0n) is 15.0. The number of thiazole rings is 1. The average Bonchev–Trinajstić information content (AvgIpc) is 3.06. The second-order valence-electron chi connectivity index (χ2n) is 5.76. The number of rotatable bonds is 6. The Hall–Kier alpha value is -2.39. The molecule has 142 valence electrons. The van der Waals surface area contributed by atoms with Crippen molar-refractivity contribution in [2.24, 2.45) is 0 Å². The van der Waals surface area contributed by atoms with Gasteiger partial charge in [0.15, 0.2) is 10.9 Å². The maximum Gasteiger partial charge on any atom is 0.285 e. The molecule has 0 fully saturated rings. The molecular weight excluding hydrogens is 384 g/mol. The number of allylic oxidation sites excluding steroid dienone is 1. The number of aryl methyl sites for hydroxylation is 1. The van der Waals surface area contributed by atoms with Crippen LogP contribution in [0.3, 0.4) is 0 Å². The Morgan fingerprint density at radius 2 is 2.11 bits per heavy atom. The fourth-order valence-electron chi connectivity index (χ4n) is 2.72. The Kier molecular flexibility index (Phi) is 6.12. The summed E-state index contributed by atoms with van der Waals surface area (Å²) in [4.78, 5) is 33.6. The van der Waals surface area contributed by atoms with Gasteiger partial charge in [0, 0.05) is 23.9 Å². The molecule has 0 aromatic carbocycles. The number of Topliss-reactive ketones (excluding diaryl/α,β-unsaturated/α-hetero) is 1. The van der Waals surface area contributed by atoms with E-state index in [9.17, 15) is 14.7 Å². The standard InChI is InChI=1S/C18H20N4O3S2/c1-3-19-13-8-5-10(9-20-13)14(23)11-6-7-12-16(15(11)24)27-17(21-12)22-18(25)26-4-2/h5,8-9,24H,3-4,6-7H2,1-2H3,(H,19,20)(H,21,22,25). The van der Waals surface area contributed by atoms with Crippen LogP contribution in [0.4, 0.5) is 15.7 Å². The van der Waals surface area contributed by atoms with Crippen molar-refractivity contribution in [2.75, 3.05) is 22.9 Å². The summed E-state index contributed by atoms with van der Waals surface area (Å²) < 4.78 is 0. The molecule has 0 bridgehead atoms. The molecule has 0 saturated carbocycles. The number of aromatic nitrogens is 2. The highest BCUT2D eigenvalue weighted by Gasteiger charge is 2.28. The zero-order chi connectivity index (χ0) is 19.4. The predicted octanol–water partition coefficient (Wildman–Crippen LogP) is 4.35. The first kappa shape index (κ1) is 19.4. The van der Waals surface area contributed by atoms with Gasteiger partial charge in [0.25, 0.3) is 5.24 Å². The van der Waals surface area contributed by atoms with Gasteiger partial charge in [-0.25, -0.2) is 9.97 Å². The Morgan fingerprint density at radius 1 is 1.30 bits per heavy atom. The number of anilines is 2. The summed E-state index contributed by atoms with van der Waals surface area (Å²) in [6, 6.07) is 3.44. The van der Waals surface area contributed by atoms with Crippen LogP contribution < -0.4 is 10.6 Å². The van der Waals surface area contributed by atoms with Gasteiger partial charge in [-0.2, -0.15) is 0 Å². The Bertz CT molecular complexity index is 891. The fraction of sp³-hybridized carbons (Fsp3) is 0.333. The van der Waals surface area contributed by atoms with Crippen molar-refractivity contribution in [3.05, 3.63) is 40.0 Å². The smallest absolute Gasteiger partial charge is 0.285 e. The summed E-state index contributed by atoms with van der Waals surface area (Å²) in [5, 5.41) is 16.7. The number of thioether (sulfide) groups is 1. The molecule has 9 heteroatoms. The highest BCUT2D eigenvalue weighted by Crippen LogP contribution is 2.37. The van der Waals surface area contributed by atoms with Crippen LogP contribution >= 0.6 is 23.1 Å². The predicted molar refractivity (Wildman–Crippen MR) is 110 cm³/mol. The van der Waals surface area contributed by atoms with Crippen LogP contribution in [0.1, 0.15) is 41.2 Å². The van der Waals surface area contributed by atoms with Crippen LogP contribution in [0.25, 0.3) is 5.76 Å². The number of carbonyl (C=O) groups is 2. The van der Waals surface area contributed by atoms with Gasteiger partial charge in [0.2, 0.25) is 0 Å². The van der Waals surface area contributed by atoms with E-state index in [-0.39, 0.29) is 16.8 Å². The van der Waals surface area contributed by atoms with Crippen LogP contribution in [0.15, 0.2) is 23.9 Å². The third-order valence-electron chi connectivity index (χ3n) is 3.95. The van der Waals surface area contributed by atoms with E-state index in [2.05, 4.69) is 20.6 Å². The number of nitrogens with zero attached hydrogens (tertiary/aromatic N) is 2. The minimum Gasteiger partial charge on any atom is -0.506 e. The van der Waals surface area contributed by atoms with Gasteiger partial charge in [0.05, 0.1) is 10.6 Å². The van der Waals surface area contributed by atoms with Gasteiger partial charge in [-0.3, -0.25) is 14.9 Å². The van der Waals surface area contributed by atoms with Crippen molar-refractivity contribution in [1.82, 2.24) is 9.97 Å². The summed E-state index contributed by atoms with van der Waals surface area (Å²) in [6.45, 7) is 4.61. The number of pyridine rings is 1. The normalized spacial score (nSPS) is 13.3. The molecule has 3 N–H and O–H groups in total. The lowest BCUT2D eigenvalue weighted by Gasteiger charge is -2.14. The number of fused-ring (bicyclic) bond motifs is 1. The highest BCUT2D eigenvalue weighted by atomic mass is 32.2. The molecule has 0 saturated heterocycles. The largest absolute Gasteiger partial charge is 0.506 e. The lowest BCUT2D eigenvalue weighted by Crippen LogP contribution is -2.12. The minimum absolute atomic E-state index is 0.0573. The molecular formula is C18H20N4O3S2. The Labute approximate surface area is 165 Å². The lowest BCUT2D eigenvalue weighted by molar-refractivity contribution is 0.102. The molecule has 0 spiro atoms. The molecule has 27 heavy (non-hydrogen) atoms. The summed E-state index contributed by atoms with van der Waals surface area (Å²) in [5.41, 5.74) is 1.48. The zero-order valence-corrected chi connectivity index (χ0v) is 16.7. The number of nitrogens with one attached hydrogen (secondary N) is 2. The van der Waals surface area contributed by atoms with Gasteiger partial charge >= 0.3 is 0 Å². The van der Waals surface area contributed by atoms with Crippen molar-refractivity contribution in [1.29, 1.82) is 0 Å².